The van der Waals surface area contributed by atoms with E-state index in [0.717, 1.165) is 11.1 Å². The number of benzene rings is 2. The first-order valence-corrected chi connectivity index (χ1v) is 9.21. The molecule has 1 aromatic heterocycles. The number of nitrogens with one attached hydrogen (secondary N) is 1. The first-order valence-electron chi connectivity index (χ1n) is 8.27. The minimum absolute atomic E-state index is 0.0730. The summed E-state index contributed by atoms with van der Waals surface area (Å²) in [5.41, 5.74) is 2.26. The van der Waals surface area contributed by atoms with Gasteiger partial charge >= 0.3 is 6.03 Å². The first kappa shape index (κ1) is 17.5. The van der Waals surface area contributed by atoms with Crippen LogP contribution >= 0.6 is 11.3 Å². The SMILES string of the molecule is COCCN(Cc1ccsc1)C(=O)NCc1cccc2ccccc12. The molecule has 4 nitrogen and oxygen atoms in total. The molecule has 1 heterocycles. The molecule has 0 spiro atoms. The van der Waals surface area contributed by atoms with Crippen molar-refractivity contribution in [1.29, 1.82) is 0 Å². The van der Waals surface area contributed by atoms with Crippen LogP contribution in [0.4, 0.5) is 4.79 Å². The Balaban J connectivity index is 1.67. The summed E-state index contributed by atoms with van der Waals surface area (Å²) in [6.45, 7) is 2.18. The van der Waals surface area contributed by atoms with E-state index in [4.69, 9.17) is 4.74 Å². The molecule has 25 heavy (non-hydrogen) atoms. The number of hydrogen-bond donors (Lipinski definition) is 1. The Morgan fingerprint density at radius 1 is 1.16 bits per heavy atom. The zero-order valence-corrected chi connectivity index (χ0v) is 15.1. The van der Waals surface area contributed by atoms with Gasteiger partial charge in [0.15, 0.2) is 0 Å². The van der Waals surface area contributed by atoms with Crippen molar-refractivity contribution in [3.05, 3.63) is 70.4 Å². The molecule has 0 aliphatic carbocycles. The van der Waals surface area contributed by atoms with Gasteiger partial charge in [-0.1, -0.05) is 42.5 Å². The fourth-order valence-electron chi connectivity index (χ4n) is 2.79. The zero-order chi connectivity index (χ0) is 17.5. The number of rotatable bonds is 7. The molecule has 1 N–H and O–H groups in total. The van der Waals surface area contributed by atoms with E-state index in [1.807, 2.05) is 29.6 Å². The van der Waals surface area contributed by atoms with Gasteiger partial charge < -0.3 is 15.0 Å². The summed E-state index contributed by atoms with van der Waals surface area (Å²) >= 11 is 1.64. The highest BCUT2D eigenvalue weighted by Gasteiger charge is 2.14. The summed E-state index contributed by atoms with van der Waals surface area (Å²) in [7, 11) is 1.65. The number of thiophene rings is 1. The Kier molecular flexibility index (Phi) is 6.04. The van der Waals surface area contributed by atoms with Crippen LogP contribution in [0.2, 0.25) is 0 Å². The summed E-state index contributed by atoms with van der Waals surface area (Å²) < 4.78 is 5.14. The van der Waals surface area contributed by atoms with Crippen molar-refractivity contribution in [2.75, 3.05) is 20.3 Å². The summed E-state index contributed by atoms with van der Waals surface area (Å²) in [6.07, 6.45) is 0. The number of methoxy groups -OCH3 is 1. The third-order valence-electron chi connectivity index (χ3n) is 4.12. The van der Waals surface area contributed by atoms with Crippen LogP contribution in [0.5, 0.6) is 0 Å². The summed E-state index contributed by atoms with van der Waals surface area (Å²) in [5.74, 6) is 0. The zero-order valence-electron chi connectivity index (χ0n) is 14.3. The molecule has 0 aliphatic rings. The van der Waals surface area contributed by atoms with Gasteiger partial charge in [-0.25, -0.2) is 4.79 Å². The molecule has 5 heteroatoms. The molecule has 130 valence electrons. The molecule has 2 aromatic carbocycles. The number of amides is 2. The largest absolute Gasteiger partial charge is 0.383 e. The standard InChI is InChI=1S/C20H22N2O2S/c1-24-11-10-22(14-16-9-12-25-15-16)20(23)21-13-18-7-4-6-17-5-2-3-8-19(17)18/h2-9,12,15H,10-11,13-14H2,1H3,(H,21,23). The number of carbonyl (C=O) groups excluding carboxylic acids is 1. The fraction of sp³-hybridized carbons (Fsp3) is 0.250. The predicted molar refractivity (Wildman–Crippen MR) is 103 cm³/mol. The average molecular weight is 354 g/mol. The van der Waals surface area contributed by atoms with Crippen molar-refractivity contribution in [3.8, 4) is 0 Å². The van der Waals surface area contributed by atoms with Gasteiger partial charge in [0.05, 0.1) is 6.61 Å². The molecular formula is C20H22N2O2S. The van der Waals surface area contributed by atoms with Crippen molar-refractivity contribution < 1.29 is 9.53 Å². The molecule has 0 saturated carbocycles. The molecular weight excluding hydrogens is 332 g/mol. The third kappa shape index (κ3) is 4.59. The predicted octanol–water partition coefficient (Wildman–Crippen LogP) is 4.26. The topological polar surface area (TPSA) is 41.6 Å². The van der Waals surface area contributed by atoms with Crippen LogP contribution in [-0.2, 0) is 17.8 Å². The lowest BCUT2D eigenvalue weighted by Crippen LogP contribution is -2.40. The maximum atomic E-state index is 12.6. The molecule has 0 bridgehead atoms. The molecule has 0 aliphatic heterocycles. The molecule has 3 rings (SSSR count). The van der Waals surface area contributed by atoms with Crippen molar-refractivity contribution in [1.82, 2.24) is 10.2 Å². The number of carbonyl (C=O) groups is 1. The highest BCUT2D eigenvalue weighted by Crippen LogP contribution is 2.18. The molecule has 0 saturated heterocycles. The summed E-state index contributed by atoms with van der Waals surface area (Å²) in [6, 6.07) is 16.4. The first-order chi connectivity index (χ1) is 12.3. The van der Waals surface area contributed by atoms with Crippen LogP contribution in [0.1, 0.15) is 11.1 Å². The minimum atomic E-state index is -0.0730. The van der Waals surface area contributed by atoms with Crippen LogP contribution < -0.4 is 5.32 Å². The van der Waals surface area contributed by atoms with Crippen LogP contribution in [-0.4, -0.2) is 31.2 Å². The van der Waals surface area contributed by atoms with Crippen molar-refractivity contribution in [2.24, 2.45) is 0 Å². The van der Waals surface area contributed by atoms with Gasteiger partial charge in [0.25, 0.3) is 0 Å². The lowest BCUT2D eigenvalue weighted by Gasteiger charge is -2.22. The molecule has 0 unspecified atom stereocenters. The van der Waals surface area contributed by atoms with Crippen molar-refractivity contribution in [3.63, 3.8) is 0 Å². The molecule has 2 amide bonds. The van der Waals surface area contributed by atoms with Gasteiger partial charge in [0, 0.05) is 26.7 Å². The van der Waals surface area contributed by atoms with Crippen molar-refractivity contribution >= 4 is 28.1 Å². The van der Waals surface area contributed by atoms with Crippen LogP contribution in [0, 0.1) is 0 Å². The number of urea groups is 1. The Labute approximate surface area is 152 Å². The number of ether oxygens (including phenoxy) is 1. The van der Waals surface area contributed by atoms with Crippen LogP contribution in [0.15, 0.2) is 59.3 Å². The highest BCUT2D eigenvalue weighted by molar-refractivity contribution is 7.07. The third-order valence-corrected chi connectivity index (χ3v) is 4.85. The van der Waals surface area contributed by atoms with Gasteiger partial charge in [0.2, 0.25) is 0 Å². The van der Waals surface area contributed by atoms with Gasteiger partial charge in [0.1, 0.15) is 0 Å². The van der Waals surface area contributed by atoms with E-state index in [9.17, 15) is 4.79 Å². The van der Waals surface area contributed by atoms with E-state index >= 15 is 0 Å². The van der Waals surface area contributed by atoms with E-state index < -0.39 is 0 Å². The van der Waals surface area contributed by atoms with E-state index in [-0.39, 0.29) is 6.03 Å². The monoisotopic (exact) mass is 354 g/mol. The second kappa shape index (κ2) is 8.65. The number of nitrogens with zero attached hydrogens (tertiary/aromatic N) is 1. The van der Waals surface area contributed by atoms with E-state index in [1.165, 1.54) is 10.8 Å². The normalized spacial score (nSPS) is 10.8. The van der Waals surface area contributed by atoms with Crippen molar-refractivity contribution in [2.45, 2.75) is 13.1 Å². The lowest BCUT2D eigenvalue weighted by molar-refractivity contribution is 0.146. The maximum Gasteiger partial charge on any atom is 0.318 e. The smallest absolute Gasteiger partial charge is 0.318 e. The fourth-order valence-corrected chi connectivity index (χ4v) is 3.45. The average Bonchev–Trinajstić information content (AvgIpc) is 3.16. The van der Waals surface area contributed by atoms with Gasteiger partial charge in [-0.2, -0.15) is 11.3 Å². The highest BCUT2D eigenvalue weighted by atomic mass is 32.1. The molecule has 3 aromatic rings. The van der Waals surface area contributed by atoms with Crippen LogP contribution in [0.3, 0.4) is 0 Å². The molecule has 0 atom stereocenters. The number of fused-ring (bicyclic) bond motifs is 1. The summed E-state index contributed by atoms with van der Waals surface area (Å²) in [5, 5.41) is 9.50. The van der Waals surface area contributed by atoms with E-state index in [1.54, 1.807) is 23.3 Å². The Morgan fingerprint density at radius 3 is 2.80 bits per heavy atom. The Hall–Kier alpha value is -2.37. The second-order valence-electron chi connectivity index (χ2n) is 5.84. The Morgan fingerprint density at radius 2 is 2.00 bits per heavy atom. The number of hydrogen-bond acceptors (Lipinski definition) is 3. The van der Waals surface area contributed by atoms with Crippen LogP contribution in [0.25, 0.3) is 10.8 Å². The van der Waals surface area contributed by atoms with E-state index in [2.05, 4.69) is 35.0 Å². The second-order valence-corrected chi connectivity index (χ2v) is 6.62. The van der Waals surface area contributed by atoms with E-state index in [0.29, 0.717) is 26.2 Å². The molecule has 0 fully saturated rings. The van der Waals surface area contributed by atoms with Gasteiger partial charge in [-0.15, -0.1) is 0 Å². The minimum Gasteiger partial charge on any atom is -0.383 e. The van der Waals surface area contributed by atoms with Gasteiger partial charge in [-0.05, 0) is 38.7 Å². The quantitative estimate of drug-likeness (QED) is 0.689. The van der Waals surface area contributed by atoms with Gasteiger partial charge in [-0.3, -0.25) is 0 Å². The lowest BCUT2D eigenvalue weighted by atomic mass is 10.0. The molecule has 0 radical (unpaired) electrons. The summed E-state index contributed by atoms with van der Waals surface area (Å²) in [4.78, 5) is 14.4. The maximum absolute atomic E-state index is 12.6. The Bertz CT molecular complexity index is 812.